The van der Waals surface area contributed by atoms with E-state index in [4.69, 9.17) is 22.4 Å². The largest absolute Gasteiger partial charge is 0.329 e. The molecule has 1 aliphatic rings. The van der Waals surface area contributed by atoms with Crippen LogP contribution in [0.3, 0.4) is 0 Å². The summed E-state index contributed by atoms with van der Waals surface area (Å²) in [6.45, 7) is 3.76. The monoisotopic (exact) mass is 373 g/mol. The number of pyridine rings is 1. The maximum absolute atomic E-state index is 13.7. The van der Waals surface area contributed by atoms with E-state index >= 15 is 0 Å². The standard InChI is InChI=1S/C19H21ClFN5/c20-16-4-3-13(10-17(16)21)11-25-8-5-14(12-25)18-15-2-1-7-23-19(15)26(24-18)9-6-22/h1-4,7,10,14H,5-6,8-9,11-12,22H2/t14-/m0/s1. The van der Waals surface area contributed by atoms with Crippen LogP contribution in [0.2, 0.25) is 5.02 Å². The van der Waals surface area contributed by atoms with E-state index in [-0.39, 0.29) is 10.8 Å². The molecule has 1 fully saturated rings. The summed E-state index contributed by atoms with van der Waals surface area (Å²) in [7, 11) is 0. The average molecular weight is 374 g/mol. The van der Waals surface area contributed by atoms with Crippen LogP contribution in [0.1, 0.15) is 23.6 Å². The first-order chi connectivity index (χ1) is 12.7. The first-order valence-electron chi connectivity index (χ1n) is 8.83. The van der Waals surface area contributed by atoms with Crippen LogP contribution in [0.5, 0.6) is 0 Å². The van der Waals surface area contributed by atoms with Crippen molar-refractivity contribution < 1.29 is 4.39 Å². The third-order valence-corrected chi connectivity index (χ3v) is 5.23. The van der Waals surface area contributed by atoms with Crippen LogP contribution in [0.25, 0.3) is 11.0 Å². The lowest BCUT2D eigenvalue weighted by Gasteiger charge is -2.16. The molecule has 2 N–H and O–H groups in total. The van der Waals surface area contributed by atoms with E-state index in [9.17, 15) is 4.39 Å². The minimum absolute atomic E-state index is 0.164. The molecule has 7 heteroatoms. The minimum Gasteiger partial charge on any atom is -0.329 e. The van der Waals surface area contributed by atoms with Gasteiger partial charge < -0.3 is 5.73 Å². The molecule has 1 aliphatic heterocycles. The van der Waals surface area contributed by atoms with Gasteiger partial charge in [-0.3, -0.25) is 4.90 Å². The second kappa shape index (κ2) is 7.31. The topological polar surface area (TPSA) is 60.0 Å². The smallest absolute Gasteiger partial charge is 0.158 e. The summed E-state index contributed by atoms with van der Waals surface area (Å²) < 4.78 is 15.6. The van der Waals surface area contributed by atoms with E-state index in [1.807, 2.05) is 16.8 Å². The van der Waals surface area contributed by atoms with E-state index < -0.39 is 0 Å². The lowest BCUT2D eigenvalue weighted by atomic mass is 10.0. The molecule has 0 unspecified atom stereocenters. The lowest BCUT2D eigenvalue weighted by molar-refractivity contribution is 0.325. The van der Waals surface area contributed by atoms with Gasteiger partial charge in [0.25, 0.3) is 0 Å². The zero-order valence-electron chi connectivity index (χ0n) is 14.4. The Labute approximate surface area is 156 Å². The molecule has 0 radical (unpaired) electrons. The highest BCUT2D eigenvalue weighted by molar-refractivity contribution is 6.30. The highest BCUT2D eigenvalue weighted by Crippen LogP contribution is 2.32. The Balaban J connectivity index is 1.53. The van der Waals surface area contributed by atoms with Crippen LogP contribution < -0.4 is 5.73 Å². The van der Waals surface area contributed by atoms with Gasteiger partial charge in [0.05, 0.1) is 17.3 Å². The van der Waals surface area contributed by atoms with Gasteiger partial charge in [-0.05, 0) is 42.8 Å². The molecule has 3 heterocycles. The molecule has 5 nitrogen and oxygen atoms in total. The van der Waals surface area contributed by atoms with Gasteiger partial charge in [-0.25, -0.2) is 14.1 Å². The Kier molecular flexibility index (Phi) is 4.89. The Morgan fingerprint density at radius 3 is 3.00 bits per heavy atom. The van der Waals surface area contributed by atoms with Gasteiger partial charge in [0.2, 0.25) is 0 Å². The summed E-state index contributed by atoms with van der Waals surface area (Å²) in [5.41, 5.74) is 8.63. The van der Waals surface area contributed by atoms with Crippen LogP contribution >= 0.6 is 11.6 Å². The second-order valence-electron chi connectivity index (χ2n) is 6.74. The van der Waals surface area contributed by atoms with Crippen molar-refractivity contribution in [1.29, 1.82) is 0 Å². The average Bonchev–Trinajstić information content (AvgIpc) is 3.24. The number of halogens is 2. The van der Waals surface area contributed by atoms with Crippen LogP contribution in [-0.4, -0.2) is 39.3 Å². The van der Waals surface area contributed by atoms with Crippen LogP contribution in [0.4, 0.5) is 4.39 Å². The number of hydrogen-bond donors (Lipinski definition) is 1. The number of rotatable bonds is 5. The normalized spacial score (nSPS) is 18.0. The SMILES string of the molecule is NCCn1nc([C@H]2CCN(Cc3ccc(Cl)c(F)c3)C2)c2cccnc21. The fourth-order valence-corrected chi connectivity index (χ4v) is 3.83. The highest BCUT2D eigenvalue weighted by Gasteiger charge is 2.28. The summed E-state index contributed by atoms with van der Waals surface area (Å²) in [6.07, 6.45) is 2.82. The number of nitrogens with zero attached hydrogens (tertiary/aromatic N) is 4. The van der Waals surface area contributed by atoms with E-state index in [1.165, 1.54) is 6.07 Å². The molecule has 1 aromatic carbocycles. The highest BCUT2D eigenvalue weighted by atomic mass is 35.5. The molecule has 0 amide bonds. The van der Waals surface area contributed by atoms with Gasteiger partial charge in [0.15, 0.2) is 5.65 Å². The van der Waals surface area contributed by atoms with Crippen molar-refractivity contribution in [2.75, 3.05) is 19.6 Å². The van der Waals surface area contributed by atoms with Crippen molar-refractivity contribution in [1.82, 2.24) is 19.7 Å². The summed E-state index contributed by atoms with van der Waals surface area (Å²) >= 11 is 5.77. The van der Waals surface area contributed by atoms with Crippen molar-refractivity contribution in [2.24, 2.45) is 5.73 Å². The predicted octanol–water partition coefficient (Wildman–Crippen LogP) is 3.17. The molecular formula is C19H21ClFN5. The zero-order valence-corrected chi connectivity index (χ0v) is 15.2. The van der Waals surface area contributed by atoms with Gasteiger partial charge in [-0.15, -0.1) is 0 Å². The van der Waals surface area contributed by atoms with Crippen molar-refractivity contribution in [2.45, 2.75) is 25.4 Å². The number of likely N-dealkylation sites (tertiary alicyclic amines) is 1. The van der Waals surface area contributed by atoms with Gasteiger partial charge >= 0.3 is 0 Å². The lowest BCUT2D eigenvalue weighted by Crippen LogP contribution is -2.20. The molecule has 0 bridgehead atoms. The van der Waals surface area contributed by atoms with Crippen LogP contribution in [0, 0.1) is 5.82 Å². The van der Waals surface area contributed by atoms with E-state index in [0.717, 1.165) is 41.8 Å². The summed E-state index contributed by atoms with van der Waals surface area (Å²) in [4.78, 5) is 6.80. The quantitative estimate of drug-likeness (QED) is 0.746. The molecule has 0 aliphatic carbocycles. The van der Waals surface area contributed by atoms with Gasteiger partial charge in [0, 0.05) is 37.1 Å². The fourth-order valence-electron chi connectivity index (χ4n) is 3.71. The number of aromatic nitrogens is 3. The maximum atomic E-state index is 13.7. The Bertz CT molecular complexity index is 925. The van der Waals surface area contributed by atoms with Crippen molar-refractivity contribution in [3.8, 4) is 0 Å². The third-order valence-electron chi connectivity index (χ3n) is 4.93. The molecule has 3 aromatic rings. The summed E-state index contributed by atoms with van der Waals surface area (Å²) in [5.74, 6) is -0.0182. The first-order valence-corrected chi connectivity index (χ1v) is 9.21. The molecule has 4 rings (SSSR count). The molecule has 0 saturated carbocycles. The molecule has 1 atom stereocenters. The van der Waals surface area contributed by atoms with Gasteiger partial charge in [0.1, 0.15) is 5.82 Å². The molecule has 136 valence electrons. The summed E-state index contributed by atoms with van der Waals surface area (Å²) in [5, 5.41) is 6.06. The molecule has 0 spiro atoms. The van der Waals surface area contributed by atoms with Crippen LogP contribution in [-0.2, 0) is 13.1 Å². The molecule has 1 saturated heterocycles. The number of nitrogens with two attached hydrogens (primary N) is 1. The Morgan fingerprint density at radius 2 is 2.19 bits per heavy atom. The van der Waals surface area contributed by atoms with E-state index in [1.54, 1.807) is 12.3 Å². The first kappa shape index (κ1) is 17.4. The molecule has 26 heavy (non-hydrogen) atoms. The van der Waals surface area contributed by atoms with Crippen molar-refractivity contribution in [3.63, 3.8) is 0 Å². The second-order valence-corrected chi connectivity index (χ2v) is 7.15. The fraction of sp³-hybridized carbons (Fsp3) is 0.368. The number of fused-ring (bicyclic) bond motifs is 1. The van der Waals surface area contributed by atoms with E-state index in [2.05, 4.69) is 16.0 Å². The third kappa shape index (κ3) is 3.32. The predicted molar refractivity (Wildman–Crippen MR) is 101 cm³/mol. The van der Waals surface area contributed by atoms with Crippen molar-refractivity contribution in [3.05, 3.63) is 58.6 Å². The van der Waals surface area contributed by atoms with Gasteiger partial charge in [-0.1, -0.05) is 17.7 Å². The van der Waals surface area contributed by atoms with Gasteiger partial charge in [-0.2, -0.15) is 5.10 Å². The maximum Gasteiger partial charge on any atom is 0.158 e. The number of benzene rings is 1. The molecular weight excluding hydrogens is 353 g/mol. The minimum atomic E-state index is -0.363. The van der Waals surface area contributed by atoms with Crippen molar-refractivity contribution >= 4 is 22.6 Å². The van der Waals surface area contributed by atoms with Crippen LogP contribution in [0.15, 0.2) is 36.5 Å². The molecule has 2 aromatic heterocycles. The number of hydrogen-bond acceptors (Lipinski definition) is 4. The summed E-state index contributed by atoms with van der Waals surface area (Å²) in [6, 6.07) is 9.05. The van der Waals surface area contributed by atoms with E-state index in [0.29, 0.717) is 25.6 Å². The Hall–Kier alpha value is -2.02. The Morgan fingerprint density at radius 1 is 1.31 bits per heavy atom. The zero-order chi connectivity index (χ0) is 18.1.